The summed E-state index contributed by atoms with van der Waals surface area (Å²) in [5, 5.41) is 11.1. The van der Waals surface area contributed by atoms with Crippen molar-refractivity contribution in [1.82, 2.24) is 9.38 Å². The van der Waals surface area contributed by atoms with Gasteiger partial charge in [-0.3, -0.25) is 4.40 Å². The number of rotatable bonds is 5. The third-order valence-electron chi connectivity index (χ3n) is 2.48. The molecule has 2 heterocycles. The van der Waals surface area contributed by atoms with E-state index in [-0.39, 0.29) is 5.69 Å². The van der Waals surface area contributed by atoms with Gasteiger partial charge in [0.1, 0.15) is 0 Å². The highest BCUT2D eigenvalue weighted by Crippen LogP contribution is 2.24. The summed E-state index contributed by atoms with van der Waals surface area (Å²) in [6, 6.07) is 0. The first-order chi connectivity index (χ1) is 8.19. The Hall–Kier alpha value is -1.82. The normalized spacial score (nSPS) is 10.6. The number of aromatic nitrogens is 2. The molecule has 0 atom stereocenters. The van der Waals surface area contributed by atoms with Crippen molar-refractivity contribution in [3.63, 3.8) is 0 Å². The molecule has 0 amide bonds. The summed E-state index contributed by atoms with van der Waals surface area (Å²) >= 11 is 1.42. The van der Waals surface area contributed by atoms with E-state index in [0.29, 0.717) is 23.9 Å². The fourth-order valence-electron chi connectivity index (χ4n) is 1.71. The SMILES string of the molecule is C=CCN(CC)c1nc2sccn2c1C(=O)O. The van der Waals surface area contributed by atoms with Gasteiger partial charge < -0.3 is 10.0 Å². The molecular formula is C11H13N3O2S. The molecule has 0 saturated carbocycles. The lowest BCUT2D eigenvalue weighted by atomic mass is 10.3. The molecule has 0 radical (unpaired) electrons. The second-order valence-electron chi connectivity index (χ2n) is 3.47. The number of nitrogens with zero attached hydrogens (tertiary/aromatic N) is 3. The van der Waals surface area contributed by atoms with E-state index in [1.54, 1.807) is 16.7 Å². The van der Waals surface area contributed by atoms with Crippen LogP contribution < -0.4 is 4.90 Å². The van der Waals surface area contributed by atoms with Gasteiger partial charge in [0, 0.05) is 24.7 Å². The molecule has 0 spiro atoms. The van der Waals surface area contributed by atoms with E-state index >= 15 is 0 Å². The first kappa shape index (κ1) is 11.7. The zero-order chi connectivity index (χ0) is 12.4. The van der Waals surface area contributed by atoms with E-state index < -0.39 is 5.97 Å². The molecule has 0 bridgehead atoms. The van der Waals surface area contributed by atoms with E-state index in [0.717, 1.165) is 0 Å². The van der Waals surface area contributed by atoms with Crippen molar-refractivity contribution in [2.45, 2.75) is 6.92 Å². The molecule has 17 heavy (non-hydrogen) atoms. The Morgan fingerprint density at radius 2 is 2.53 bits per heavy atom. The molecule has 5 nitrogen and oxygen atoms in total. The molecule has 0 unspecified atom stereocenters. The van der Waals surface area contributed by atoms with E-state index in [1.807, 2.05) is 17.2 Å². The first-order valence-corrected chi connectivity index (χ1v) is 6.11. The minimum Gasteiger partial charge on any atom is -0.476 e. The smallest absolute Gasteiger partial charge is 0.356 e. The number of hydrogen-bond acceptors (Lipinski definition) is 4. The van der Waals surface area contributed by atoms with Gasteiger partial charge in [-0.1, -0.05) is 6.08 Å². The number of carboxylic acid groups (broad SMARTS) is 1. The molecule has 0 aliphatic carbocycles. The number of likely N-dealkylation sites (N-methyl/N-ethyl adjacent to an activating group) is 1. The molecule has 0 fully saturated rings. The van der Waals surface area contributed by atoms with Gasteiger partial charge in [0.15, 0.2) is 16.5 Å². The molecule has 0 aromatic carbocycles. The monoisotopic (exact) mass is 251 g/mol. The van der Waals surface area contributed by atoms with Crippen LogP contribution in [-0.2, 0) is 0 Å². The number of carboxylic acids is 1. The van der Waals surface area contributed by atoms with Crippen LogP contribution in [0.4, 0.5) is 5.82 Å². The van der Waals surface area contributed by atoms with Gasteiger partial charge in [0.2, 0.25) is 0 Å². The summed E-state index contributed by atoms with van der Waals surface area (Å²) in [5.74, 6) is -0.458. The standard InChI is InChI=1S/C11H13N3O2S/c1-3-5-13(4-2)9-8(10(15)16)14-6-7-17-11(14)12-9/h3,6-7H,1,4-5H2,2H3,(H,15,16). The summed E-state index contributed by atoms with van der Waals surface area (Å²) in [5.41, 5.74) is 0.213. The molecule has 2 aromatic heterocycles. The summed E-state index contributed by atoms with van der Waals surface area (Å²) < 4.78 is 1.61. The Bertz CT molecular complexity index is 558. The average molecular weight is 251 g/mol. The number of imidazole rings is 1. The zero-order valence-corrected chi connectivity index (χ0v) is 10.3. The lowest BCUT2D eigenvalue weighted by Crippen LogP contribution is -2.25. The number of hydrogen-bond donors (Lipinski definition) is 1. The maximum absolute atomic E-state index is 11.3. The van der Waals surface area contributed by atoms with Crippen LogP contribution in [0.3, 0.4) is 0 Å². The van der Waals surface area contributed by atoms with Crippen LogP contribution in [0.25, 0.3) is 4.96 Å². The third kappa shape index (κ3) is 1.91. The van der Waals surface area contributed by atoms with Crippen LogP contribution in [0, 0.1) is 0 Å². The Morgan fingerprint density at radius 1 is 1.76 bits per heavy atom. The highest BCUT2D eigenvalue weighted by atomic mass is 32.1. The lowest BCUT2D eigenvalue weighted by Gasteiger charge is -2.18. The van der Waals surface area contributed by atoms with Crippen molar-refractivity contribution in [2.24, 2.45) is 0 Å². The molecule has 0 aliphatic rings. The van der Waals surface area contributed by atoms with Gasteiger partial charge in [-0.05, 0) is 6.92 Å². The highest BCUT2D eigenvalue weighted by molar-refractivity contribution is 7.15. The van der Waals surface area contributed by atoms with Crippen LogP contribution in [-0.4, -0.2) is 33.6 Å². The molecule has 2 rings (SSSR count). The van der Waals surface area contributed by atoms with Crippen molar-refractivity contribution >= 4 is 28.1 Å². The predicted octanol–water partition coefficient (Wildman–Crippen LogP) is 2.11. The second-order valence-corrected chi connectivity index (χ2v) is 4.35. The number of aromatic carboxylic acids is 1. The predicted molar refractivity (Wildman–Crippen MR) is 68.1 cm³/mol. The zero-order valence-electron chi connectivity index (χ0n) is 9.46. The fourth-order valence-corrected chi connectivity index (χ4v) is 2.42. The van der Waals surface area contributed by atoms with Gasteiger partial charge in [0.25, 0.3) is 0 Å². The summed E-state index contributed by atoms with van der Waals surface area (Å²) in [4.78, 5) is 18.3. The topological polar surface area (TPSA) is 57.8 Å². The van der Waals surface area contributed by atoms with Crippen molar-refractivity contribution in [3.05, 3.63) is 29.9 Å². The van der Waals surface area contributed by atoms with Crippen LogP contribution in [0.2, 0.25) is 0 Å². The fraction of sp³-hybridized carbons (Fsp3) is 0.273. The van der Waals surface area contributed by atoms with E-state index in [1.165, 1.54) is 11.3 Å². The minimum atomic E-state index is -0.964. The van der Waals surface area contributed by atoms with Crippen LogP contribution in [0.5, 0.6) is 0 Å². The van der Waals surface area contributed by atoms with Gasteiger partial charge >= 0.3 is 5.97 Å². The largest absolute Gasteiger partial charge is 0.476 e. The van der Waals surface area contributed by atoms with Gasteiger partial charge in [-0.25, -0.2) is 9.78 Å². The number of fused-ring (bicyclic) bond motifs is 1. The molecule has 1 N–H and O–H groups in total. The minimum absolute atomic E-state index is 0.213. The maximum atomic E-state index is 11.3. The van der Waals surface area contributed by atoms with Gasteiger partial charge in [-0.2, -0.15) is 0 Å². The summed E-state index contributed by atoms with van der Waals surface area (Å²) in [7, 11) is 0. The Balaban J connectivity index is 2.58. The summed E-state index contributed by atoms with van der Waals surface area (Å²) in [6.07, 6.45) is 3.46. The van der Waals surface area contributed by atoms with E-state index in [2.05, 4.69) is 11.6 Å². The van der Waals surface area contributed by atoms with Crippen LogP contribution >= 0.6 is 11.3 Å². The molecule has 0 aliphatic heterocycles. The number of carbonyl (C=O) groups is 1. The van der Waals surface area contributed by atoms with Crippen LogP contribution in [0.1, 0.15) is 17.4 Å². The van der Waals surface area contributed by atoms with Gasteiger partial charge in [0.05, 0.1) is 0 Å². The van der Waals surface area contributed by atoms with Gasteiger partial charge in [-0.15, -0.1) is 17.9 Å². The maximum Gasteiger partial charge on any atom is 0.356 e. The molecule has 2 aromatic rings. The molecule has 0 saturated heterocycles. The highest BCUT2D eigenvalue weighted by Gasteiger charge is 2.22. The first-order valence-electron chi connectivity index (χ1n) is 5.23. The second kappa shape index (κ2) is 4.58. The van der Waals surface area contributed by atoms with Crippen molar-refractivity contribution in [2.75, 3.05) is 18.0 Å². The van der Waals surface area contributed by atoms with Crippen molar-refractivity contribution in [1.29, 1.82) is 0 Å². The summed E-state index contributed by atoms with van der Waals surface area (Å²) in [6.45, 7) is 6.91. The van der Waals surface area contributed by atoms with Crippen LogP contribution in [0.15, 0.2) is 24.2 Å². The van der Waals surface area contributed by atoms with E-state index in [4.69, 9.17) is 0 Å². The third-order valence-corrected chi connectivity index (χ3v) is 3.23. The Labute approximate surface area is 103 Å². The Morgan fingerprint density at radius 3 is 3.12 bits per heavy atom. The molecular weight excluding hydrogens is 238 g/mol. The Kier molecular flexibility index (Phi) is 3.14. The molecule has 6 heteroatoms. The number of anilines is 1. The quantitative estimate of drug-likeness (QED) is 0.827. The van der Waals surface area contributed by atoms with Crippen molar-refractivity contribution in [3.8, 4) is 0 Å². The van der Waals surface area contributed by atoms with E-state index in [9.17, 15) is 9.90 Å². The lowest BCUT2D eigenvalue weighted by molar-refractivity contribution is 0.0690. The number of thiazole rings is 1. The van der Waals surface area contributed by atoms with Crippen molar-refractivity contribution < 1.29 is 9.90 Å². The molecule has 90 valence electrons. The average Bonchev–Trinajstić information content (AvgIpc) is 2.84.